The average molecular weight is 607 g/mol. The maximum absolute atomic E-state index is 16.0. The van der Waals surface area contributed by atoms with Crippen molar-refractivity contribution in [3.63, 3.8) is 0 Å². The normalized spacial score (nSPS) is 27.1. The molecule has 1 N–H and O–H groups in total. The van der Waals surface area contributed by atoms with Gasteiger partial charge >= 0.3 is 0 Å². The van der Waals surface area contributed by atoms with Gasteiger partial charge in [0.15, 0.2) is 0 Å². The summed E-state index contributed by atoms with van der Waals surface area (Å²) < 4.78 is 49.4. The number of hydrogen-bond acceptors (Lipinski definition) is 6. The van der Waals surface area contributed by atoms with Gasteiger partial charge in [-0.15, -0.1) is 0 Å². The van der Waals surface area contributed by atoms with E-state index in [9.17, 15) is 10.1 Å². The Kier molecular flexibility index (Phi) is 8.44. The molecule has 1 saturated carbocycles. The standard InChI is InChI=1S/C34H41F3N6O/c1-22-8-5-3-4-6-15-43-31-26(18-28(32(43)44)33(20-38)13-14-33)30(39-21-40-31)41-23(2)25-9-7-10-27(29(25)35)34(36,37)24-11-16-42(19-22)17-12-24/h7,9-10,18,21-24H,3-6,8,11-17,19H2,1-2H3,(H,39,40,41)/t22?,23-/m1/s1. The smallest absolute Gasteiger partial charge is 0.278 e. The maximum Gasteiger partial charge on any atom is 0.278 e. The molecular weight excluding hydrogens is 565 g/mol. The van der Waals surface area contributed by atoms with Gasteiger partial charge < -0.3 is 10.2 Å². The Morgan fingerprint density at radius 3 is 2.48 bits per heavy atom. The molecule has 0 amide bonds. The summed E-state index contributed by atoms with van der Waals surface area (Å²) in [6, 6.07) is 7.56. The summed E-state index contributed by atoms with van der Waals surface area (Å²) in [5.41, 5.74) is -0.605. The summed E-state index contributed by atoms with van der Waals surface area (Å²) in [6.45, 7) is 6.45. The lowest BCUT2D eigenvalue weighted by Gasteiger charge is -2.37. The lowest BCUT2D eigenvalue weighted by molar-refractivity contribution is -0.0886. The van der Waals surface area contributed by atoms with Crippen LogP contribution in [0.2, 0.25) is 0 Å². The minimum atomic E-state index is -3.29. The van der Waals surface area contributed by atoms with Gasteiger partial charge in [0.25, 0.3) is 11.5 Å². The van der Waals surface area contributed by atoms with Crippen LogP contribution in [0.5, 0.6) is 0 Å². The third-order valence-electron chi connectivity index (χ3n) is 10.1. The van der Waals surface area contributed by atoms with Gasteiger partial charge in [-0.3, -0.25) is 9.36 Å². The number of aryl methyl sites for hydroxylation is 1. The summed E-state index contributed by atoms with van der Waals surface area (Å²) >= 11 is 0. The van der Waals surface area contributed by atoms with Crippen molar-refractivity contribution < 1.29 is 13.2 Å². The average Bonchev–Trinajstić information content (AvgIpc) is 3.80. The van der Waals surface area contributed by atoms with Gasteiger partial charge in [-0.1, -0.05) is 44.4 Å². The van der Waals surface area contributed by atoms with E-state index in [-0.39, 0.29) is 11.1 Å². The first kappa shape index (κ1) is 30.6. The molecular formula is C34H41F3N6O. The first-order valence-electron chi connectivity index (χ1n) is 16.1. The SMILES string of the molecule is CC1CCCCCCn2c(=O)c(C3(C#N)CC3)cc3c(ncnc32)N[C@H](C)c2cccc(c2F)C(F)(F)C2CCN(CC2)C1. The lowest BCUT2D eigenvalue weighted by atomic mass is 9.85. The second-order valence-electron chi connectivity index (χ2n) is 13.2. The van der Waals surface area contributed by atoms with Crippen molar-refractivity contribution >= 4 is 16.9 Å². The molecule has 1 unspecified atom stereocenters. The number of aromatic nitrogens is 3. The highest BCUT2D eigenvalue weighted by molar-refractivity contribution is 5.87. The summed E-state index contributed by atoms with van der Waals surface area (Å²) in [6.07, 6.45) is 8.15. The van der Waals surface area contributed by atoms with E-state index in [4.69, 9.17) is 0 Å². The number of rotatable bonds is 1. The quantitative estimate of drug-likeness (QED) is 0.319. The Bertz CT molecular complexity index is 1620. The topological polar surface area (TPSA) is 86.8 Å². The zero-order valence-corrected chi connectivity index (χ0v) is 25.6. The van der Waals surface area contributed by atoms with Crippen LogP contribution < -0.4 is 10.9 Å². The Morgan fingerprint density at radius 1 is 1.00 bits per heavy atom. The monoisotopic (exact) mass is 606 g/mol. The molecule has 7 rings (SSSR count). The summed E-state index contributed by atoms with van der Waals surface area (Å²) in [5, 5.41) is 13.7. The highest BCUT2D eigenvalue weighted by Gasteiger charge is 2.48. The van der Waals surface area contributed by atoms with E-state index >= 15 is 13.2 Å². The van der Waals surface area contributed by atoms with E-state index in [0.29, 0.717) is 73.7 Å². The molecule has 44 heavy (non-hydrogen) atoms. The number of hydrogen-bond donors (Lipinski definition) is 1. The molecule has 0 spiro atoms. The summed E-state index contributed by atoms with van der Waals surface area (Å²) in [7, 11) is 0. The van der Waals surface area contributed by atoms with Crippen LogP contribution in [0.3, 0.4) is 0 Å². The number of piperidine rings is 1. The number of nitriles is 1. The van der Waals surface area contributed by atoms with Gasteiger partial charge in [0, 0.05) is 30.1 Å². The van der Waals surface area contributed by atoms with Crippen molar-refractivity contribution in [2.75, 3.05) is 25.0 Å². The third-order valence-corrected chi connectivity index (χ3v) is 10.1. The van der Waals surface area contributed by atoms with Crippen LogP contribution in [0.25, 0.3) is 11.0 Å². The van der Waals surface area contributed by atoms with E-state index in [1.54, 1.807) is 17.6 Å². The van der Waals surface area contributed by atoms with Crippen LogP contribution in [0.4, 0.5) is 19.0 Å². The highest BCUT2D eigenvalue weighted by Crippen LogP contribution is 2.47. The van der Waals surface area contributed by atoms with Crippen LogP contribution >= 0.6 is 0 Å². The Hall–Kier alpha value is -3.45. The van der Waals surface area contributed by atoms with Crippen LogP contribution in [0.15, 0.2) is 35.4 Å². The predicted molar refractivity (Wildman–Crippen MR) is 164 cm³/mol. The zero-order chi connectivity index (χ0) is 31.1. The molecule has 7 nitrogen and oxygen atoms in total. The van der Waals surface area contributed by atoms with Crippen LogP contribution in [0, 0.1) is 29.0 Å². The minimum Gasteiger partial charge on any atom is -0.363 e. The molecule has 3 aromatic rings. The van der Waals surface area contributed by atoms with Crippen LogP contribution in [0.1, 0.15) is 94.4 Å². The number of fused-ring (bicyclic) bond motifs is 10. The van der Waals surface area contributed by atoms with Crippen molar-refractivity contribution in [1.29, 1.82) is 5.26 Å². The van der Waals surface area contributed by atoms with Gasteiger partial charge in [0.1, 0.15) is 23.6 Å². The fourth-order valence-corrected chi connectivity index (χ4v) is 7.18. The molecule has 1 aromatic carbocycles. The molecule has 2 aromatic heterocycles. The van der Waals surface area contributed by atoms with Crippen molar-refractivity contribution in [2.24, 2.45) is 11.8 Å². The second-order valence-corrected chi connectivity index (χ2v) is 13.2. The van der Waals surface area contributed by atoms with Gasteiger partial charge in [-0.25, -0.2) is 23.1 Å². The molecule has 10 heteroatoms. The van der Waals surface area contributed by atoms with E-state index < -0.39 is 34.7 Å². The van der Waals surface area contributed by atoms with E-state index in [2.05, 4.69) is 33.2 Å². The fourth-order valence-electron chi connectivity index (χ4n) is 7.18. The number of benzene rings is 1. The Balaban J connectivity index is 1.41. The Labute approximate surface area is 256 Å². The van der Waals surface area contributed by atoms with Gasteiger partial charge in [0.2, 0.25) is 0 Å². The third kappa shape index (κ3) is 5.71. The summed E-state index contributed by atoms with van der Waals surface area (Å²) in [4.78, 5) is 24.9. The molecule has 0 radical (unpaired) electrons. The maximum atomic E-state index is 16.0. The number of pyridine rings is 1. The van der Waals surface area contributed by atoms with Crippen LogP contribution in [-0.2, 0) is 17.9 Å². The first-order valence-corrected chi connectivity index (χ1v) is 16.1. The Morgan fingerprint density at radius 2 is 1.75 bits per heavy atom. The van der Waals surface area contributed by atoms with Gasteiger partial charge in [0.05, 0.1) is 28.5 Å². The predicted octanol–water partition coefficient (Wildman–Crippen LogP) is 7.06. The molecule has 1 saturated heterocycles. The van der Waals surface area contributed by atoms with Gasteiger partial charge in [-0.2, -0.15) is 5.26 Å². The largest absolute Gasteiger partial charge is 0.363 e. The minimum absolute atomic E-state index is 0.117. The van der Waals surface area contributed by atoms with Crippen LogP contribution in [-0.4, -0.2) is 39.1 Å². The van der Waals surface area contributed by atoms with E-state index in [1.165, 1.54) is 24.5 Å². The molecule has 2 fully saturated rings. The molecule has 4 aliphatic rings. The van der Waals surface area contributed by atoms with Gasteiger partial charge in [-0.05, 0) is 70.5 Å². The second kappa shape index (κ2) is 12.2. The van der Waals surface area contributed by atoms with Crippen molar-refractivity contribution in [1.82, 2.24) is 19.4 Å². The van der Waals surface area contributed by atoms with Crippen molar-refractivity contribution in [3.05, 3.63) is 63.5 Å². The molecule has 234 valence electrons. The molecule has 2 atom stereocenters. The van der Waals surface area contributed by atoms with E-state index in [0.717, 1.165) is 38.6 Å². The van der Waals surface area contributed by atoms with Crippen molar-refractivity contribution in [2.45, 2.75) is 95.6 Å². The highest BCUT2D eigenvalue weighted by atomic mass is 19.3. The number of alkyl halides is 2. The molecule has 8 bridgehead atoms. The zero-order valence-electron chi connectivity index (χ0n) is 25.6. The molecule has 3 aliphatic heterocycles. The number of nitrogens with one attached hydrogen (secondary N) is 1. The summed E-state index contributed by atoms with van der Waals surface area (Å²) in [5.74, 6) is -4.31. The first-order chi connectivity index (χ1) is 21.1. The van der Waals surface area contributed by atoms with E-state index in [1.807, 2.05) is 0 Å². The lowest BCUT2D eigenvalue weighted by Crippen LogP contribution is -2.41. The molecule has 1 aliphatic carbocycles. The number of halogens is 3. The number of nitrogens with zero attached hydrogens (tertiary/aromatic N) is 5. The number of anilines is 1. The van der Waals surface area contributed by atoms with Crippen molar-refractivity contribution in [3.8, 4) is 6.07 Å². The molecule has 5 heterocycles. The fraction of sp³-hybridized carbons (Fsp3) is 0.588.